The Balaban J connectivity index is 2.25. The van der Waals surface area contributed by atoms with Gasteiger partial charge in [-0.2, -0.15) is 10.1 Å². The van der Waals surface area contributed by atoms with Crippen LogP contribution in [0.5, 0.6) is 0 Å². The Morgan fingerprint density at radius 3 is 2.86 bits per heavy atom. The summed E-state index contributed by atoms with van der Waals surface area (Å²) in [6, 6.07) is 3.32. The van der Waals surface area contributed by atoms with E-state index < -0.39 is 0 Å². The van der Waals surface area contributed by atoms with E-state index in [1.54, 1.807) is 18.3 Å². The Kier molecular flexibility index (Phi) is 2.19. The van der Waals surface area contributed by atoms with E-state index in [1.165, 1.54) is 0 Å². The molecule has 2 aromatic heterocycles. The fraction of sp³-hybridized carbons (Fsp3) is 0. The lowest BCUT2D eigenvalue weighted by molar-refractivity contribution is 1.09. The van der Waals surface area contributed by atoms with E-state index in [-0.39, 0.29) is 11.1 Å². The summed E-state index contributed by atoms with van der Waals surface area (Å²) in [6.45, 7) is 0. The van der Waals surface area contributed by atoms with Gasteiger partial charge in [0.25, 0.3) is 0 Å². The predicted molar refractivity (Wildman–Crippen MR) is 53.3 cm³/mol. The average Bonchev–Trinajstić information content (AvgIpc) is 2.54. The molecule has 0 aliphatic rings. The third kappa shape index (κ3) is 1.91. The molecule has 0 spiro atoms. The van der Waals surface area contributed by atoms with Gasteiger partial charge in [0.1, 0.15) is 11.0 Å². The normalized spacial score (nSPS) is 10.1. The lowest BCUT2D eigenvalue weighted by Crippen LogP contribution is -2.00. The van der Waals surface area contributed by atoms with Gasteiger partial charge in [0.2, 0.25) is 5.95 Å². The first kappa shape index (κ1) is 8.76. The first-order valence-corrected chi connectivity index (χ1v) is 4.19. The number of nitrogens with one attached hydrogen (secondary N) is 2. The second-order valence-electron chi connectivity index (χ2n) is 2.52. The monoisotopic (exact) mass is 210 g/mol. The second kappa shape index (κ2) is 3.51. The highest BCUT2D eigenvalue weighted by Crippen LogP contribution is 2.15. The van der Waals surface area contributed by atoms with E-state index in [4.69, 9.17) is 17.3 Å². The first-order valence-electron chi connectivity index (χ1n) is 3.81. The number of anilines is 3. The van der Waals surface area contributed by atoms with Crippen LogP contribution < -0.4 is 11.1 Å². The molecule has 0 radical (unpaired) electrons. The highest BCUT2D eigenvalue weighted by Gasteiger charge is 2.01. The van der Waals surface area contributed by atoms with Gasteiger partial charge in [0.05, 0.1) is 0 Å². The van der Waals surface area contributed by atoms with Crippen molar-refractivity contribution in [2.45, 2.75) is 0 Å². The van der Waals surface area contributed by atoms with E-state index in [9.17, 15) is 0 Å². The zero-order valence-electron chi connectivity index (χ0n) is 7.03. The zero-order chi connectivity index (χ0) is 9.97. The number of halogens is 1. The summed E-state index contributed by atoms with van der Waals surface area (Å²) in [4.78, 5) is 7.65. The molecule has 7 heteroatoms. The smallest absolute Gasteiger partial charge is 0.223 e. The van der Waals surface area contributed by atoms with Crippen molar-refractivity contribution in [2.24, 2.45) is 0 Å². The molecular formula is C7H7ClN6. The maximum Gasteiger partial charge on any atom is 0.223 e. The molecule has 0 aliphatic heterocycles. The molecule has 72 valence electrons. The van der Waals surface area contributed by atoms with E-state index in [2.05, 4.69) is 25.5 Å². The van der Waals surface area contributed by atoms with E-state index in [0.29, 0.717) is 11.6 Å². The van der Waals surface area contributed by atoms with Crippen LogP contribution in [0.3, 0.4) is 0 Å². The van der Waals surface area contributed by atoms with Crippen LogP contribution >= 0.6 is 11.6 Å². The summed E-state index contributed by atoms with van der Waals surface area (Å²) in [5, 5.41) is 9.74. The van der Waals surface area contributed by atoms with Crippen LogP contribution in [-0.2, 0) is 0 Å². The molecule has 2 rings (SSSR count). The second-order valence-corrected chi connectivity index (χ2v) is 2.91. The molecule has 0 bridgehead atoms. The minimum absolute atomic E-state index is 0.121. The molecule has 0 atom stereocenters. The Morgan fingerprint density at radius 2 is 2.21 bits per heavy atom. The largest absolute Gasteiger partial charge is 0.368 e. The summed E-state index contributed by atoms with van der Waals surface area (Å²) in [7, 11) is 0. The molecule has 2 aromatic rings. The molecule has 2 heterocycles. The number of aromatic amines is 1. The van der Waals surface area contributed by atoms with Crippen molar-refractivity contribution in [3.63, 3.8) is 0 Å². The van der Waals surface area contributed by atoms with Gasteiger partial charge in [-0.05, 0) is 0 Å². The van der Waals surface area contributed by atoms with Crippen molar-refractivity contribution >= 4 is 29.2 Å². The van der Waals surface area contributed by atoms with Crippen LogP contribution in [0.15, 0.2) is 18.3 Å². The standard InChI is InChI=1S/C7H7ClN6/c8-4-3-6(13-7(9)11-4)12-5-1-2-10-14-5/h1-3H,(H4,9,10,11,12,13,14). The number of hydrogen-bond donors (Lipinski definition) is 3. The fourth-order valence-corrected chi connectivity index (χ4v) is 1.15. The van der Waals surface area contributed by atoms with Crippen LogP contribution in [0.1, 0.15) is 0 Å². The molecule has 0 saturated heterocycles. The SMILES string of the molecule is Nc1nc(Cl)cc(Nc2cc[nH]n2)n1. The third-order valence-electron chi connectivity index (χ3n) is 1.47. The molecule has 4 N–H and O–H groups in total. The van der Waals surface area contributed by atoms with Crippen LogP contribution in [-0.4, -0.2) is 20.2 Å². The van der Waals surface area contributed by atoms with Crippen LogP contribution in [0.4, 0.5) is 17.6 Å². The molecule has 14 heavy (non-hydrogen) atoms. The quantitative estimate of drug-likeness (QED) is 0.648. The van der Waals surface area contributed by atoms with Crippen LogP contribution in [0.25, 0.3) is 0 Å². The van der Waals surface area contributed by atoms with Crippen molar-refractivity contribution in [1.29, 1.82) is 0 Å². The average molecular weight is 211 g/mol. The maximum absolute atomic E-state index is 5.69. The van der Waals surface area contributed by atoms with Gasteiger partial charge in [-0.25, -0.2) is 4.98 Å². The van der Waals surface area contributed by atoms with Crippen LogP contribution in [0, 0.1) is 0 Å². The third-order valence-corrected chi connectivity index (χ3v) is 1.66. The Morgan fingerprint density at radius 1 is 1.36 bits per heavy atom. The topological polar surface area (TPSA) is 92.5 Å². The Bertz CT molecular complexity index is 405. The number of hydrogen-bond acceptors (Lipinski definition) is 5. The first-order chi connectivity index (χ1) is 6.74. The van der Waals surface area contributed by atoms with Crippen molar-refractivity contribution in [3.05, 3.63) is 23.5 Å². The van der Waals surface area contributed by atoms with Gasteiger partial charge in [-0.3, -0.25) is 5.10 Å². The van der Waals surface area contributed by atoms with Crippen molar-refractivity contribution in [2.75, 3.05) is 11.1 Å². The molecule has 0 aromatic carbocycles. The number of rotatable bonds is 2. The number of H-pyrrole nitrogens is 1. The van der Waals surface area contributed by atoms with E-state index >= 15 is 0 Å². The molecule has 6 nitrogen and oxygen atoms in total. The van der Waals surface area contributed by atoms with Gasteiger partial charge >= 0.3 is 0 Å². The minimum atomic E-state index is 0.121. The maximum atomic E-state index is 5.69. The number of nitrogen functional groups attached to an aromatic ring is 1. The molecule has 0 fully saturated rings. The van der Waals surface area contributed by atoms with Crippen molar-refractivity contribution < 1.29 is 0 Å². The van der Waals surface area contributed by atoms with Gasteiger partial charge < -0.3 is 11.1 Å². The molecular weight excluding hydrogens is 204 g/mol. The fourth-order valence-electron chi connectivity index (χ4n) is 0.960. The highest BCUT2D eigenvalue weighted by molar-refractivity contribution is 6.29. The number of nitrogens with zero attached hydrogens (tertiary/aromatic N) is 3. The lowest BCUT2D eigenvalue weighted by Gasteiger charge is -2.02. The summed E-state index contributed by atoms with van der Waals surface area (Å²) in [5.41, 5.74) is 5.41. The Hall–Kier alpha value is -1.82. The summed E-state index contributed by atoms with van der Waals surface area (Å²) in [5.74, 6) is 1.27. The van der Waals surface area contributed by atoms with Gasteiger partial charge in [0, 0.05) is 18.3 Å². The van der Waals surface area contributed by atoms with E-state index in [1.807, 2.05) is 0 Å². The number of aromatic nitrogens is 4. The van der Waals surface area contributed by atoms with Crippen LogP contribution in [0.2, 0.25) is 5.15 Å². The lowest BCUT2D eigenvalue weighted by atomic mass is 10.5. The molecule has 0 aliphatic carbocycles. The van der Waals surface area contributed by atoms with Gasteiger partial charge in [0.15, 0.2) is 5.82 Å². The summed E-state index contributed by atoms with van der Waals surface area (Å²) >= 11 is 5.69. The molecule has 0 unspecified atom stereocenters. The van der Waals surface area contributed by atoms with E-state index in [0.717, 1.165) is 0 Å². The van der Waals surface area contributed by atoms with Gasteiger partial charge in [-0.15, -0.1) is 0 Å². The predicted octanol–water partition coefficient (Wildman–Crippen LogP) is 1.18. The highest BCUT2D eigenvalue weighted by atomic mass is 35.5. The van der Waals surface area contributed by atoms with Gasteiger partial charge in [-0.1, -0.05) is 11.6 Å². The van der Waals surface area contributed by atoms with Crippen molar-refractivity contribution in [1.82, 2.24) is 20.2 Å². The summed E-state index contributed by atoms with van der Waals surface area (Å²) < 4.78 is 0. The molecule has 0 amide bonds. The van der Waals surface area contributed by atoms with Crippen molar-refractivity contribution in [3.8, 4) is 0 Å². The summed E-state index contributed by atoms with van der Waals surface area (Å²) in [6.07, 6.45) is 1.69. The molecule has 0 saturated carbocycles. The number of nitrogens with two attached hydrogens (primary N) is 1. The zero-order valence-corrected chi connectivity index (χ0v) is 7.78. The Labute approximate surface area is 84.5 Å². The minimum Gasteiger partial charge on any atom is -0.368 e.